The van der Waals surface area contributed by atoms with E-state index in [0.717, 1.165) is 6.07 Å². The molecule has 8 heteroatoms. The number of amides is 1. The fourth-order valence-electron chi connectivity index (χ4n) is 2.92. The number of anilines is 1. The summed E-state index contributed by atoms with van der Waals surface area (Å²) >= 11 is 0. The number of ether oxygens (including phenoxy) is 1. The molecule has 3 aromatic rings. The van der Waals surface area contributed by atoms with E-state index in [2.05, 4.69) is 20.0 Å². The van der Waals surface area contributed by atoms with Crippen molar-refractivity contribution in [3.63, 3.8) is 0 Å². The van der Waals surface area contributed by atoms with Crippen molar-refractivity contribution in [2.75, 3.05) is 11.9 Å². The Balaban J connectivity index is 2.05. The first kappa shape index (κ1) is 20.3. The van der Waals surface area contributed by atoms with Gasteiger partial charge in [-0.25, -0.2) is 9.78 Å². The summed E-state index contributed by atoms with van der Waals surface area (Å²) in [5.74, 6) is -5.97. The minimum Gasteiger partial charge on any atom is -0.461 e. The second-order valence-corrected chi connectivity index (χ2v) is 6.43. The number of carbonyl (C=O) groups is 2. The van der Waals surface area contributed by atoms with E-state index in [-0.39, 0.29) is 28.9 Å². The molecule has 1 N–H and O–H groups in total. The summed E-state index contributed by atoms with van der Waals surface area (Å²) in [7, 11) is 0. The zero-order valence-corrected chi connectivity index (χ0v) is 16.1. The van der Waals surface area contributed by atoms with Crippen molar-refractivity contribution in [3.8, 4) is 0 Å². The first-order valence-corrected chi connectivity index (χ1v) is 8.94. The van der Waals surface area contributed by atoms with E-state index in [0.29, 0.717) is 11.3 Å². The summed E-state index contributed by atoms with van der Waals surface area (Å²) in [6, 6.07) is 8.83. The van der Waals surface area contributed by atoms with E-state index in [4.69, 9.17) is 0 Å². The van der Waals surface area contributed by atoms with E-state index in [1.165, 1.54) is 31.3 Å². The Morgan fingerprint density at radius 1 is 1.14 bits per heavy atom. The van der Waals surface area contributed by atoms with Crippen molar-refractivity contribution < 1.29 is 23.1 Å². The summed E-state index contributed by atoms with van der Waals surface area (Å²) in [6.45, 7) is 4.80. The third-order valence-corrected chi connectivity index (χ3v) is 4.34. The molecule has 0 spiro atoms. The smallest absolute Gasteiger partial charge is 0.382 e. The molecule has 0 aliphatic carbocycles. The van der Waals surface area contributed by atoms with Gasteiger partial charge < -0.3 is 10.1 Å². The lowest BCUT2D eigenvalue weighted by Gasteiger charge is -2.18. The van der Waals surface area contributed by atoms with Gasteiger partial charge in [0.2, 0.25) is 0 Å². The normalized spacial score (nSPS) is 11.3. The van der Waals surface area contributed by atoms with Crippen LogP contribution in [0, 0.1) is 13.8 Å². The molecule has 0 bridgehead atoms. The lowest BCUT2D eigenvalue weighted by atomic mass is 10.0. The van der Waals surface area contributed by atoms with Crippen LogP contribution in [0.3, 0.4) is 0 Å². The largest absolute Gasteiger partial charge is 0.461 e. The molecular weight excluding hydrogens is 380 g/mol. The van der Waals surface area contributed by atoms with Gasteiger partial charge in [-0.15, -0.1) is 0 Å². The molecule has 2 heterocycles. The predicted octanol–water partition coefficient (Wildman–Crippen LogP) is 4.15. The van der Waals surface area contributed by atoms with Gasteiger partial charge in [-0.3, -0.25) is 9.78 Å². The summed E-state index contributed by atoms with van der Waals surface area (Å²) in [4.78, 5) is 32.8. The Morgan fingerprint density at radius 2 is 1.90 bits per heavy atom. The van der Waals surface area contributed by atoms with Crippen LogP contribution in [-0.2, 0) is 15.5 Å². The summed E-state index contributed by atoms with van der Waals surface area (Å²) in [6.07, 6.45) is 1.42. The van der Waals surface area contributed by atoms with E-state index in [9.17, 15) is 18.4 Å². The highest BCUT2D eigenvalue weighted by atomic mass is 19.3. The SMILES string of the molecule is CCOC(=O)C(F)(F)c1ccc(NC(=O)c2nc(C)ccc2C)c2ncccc12. The van der Waals surface area contributed by atoms with Crippen LogP contribution in [0.4, 0.5) is 14.5 Å². The number of hydrogen-bond acceptors (Lipinski definition) is 5. The number of pyridine rings is 2. The molecule has 0 saturated carbocycles. The molecule has 0 fully saturated rings. The van der Waals surface area contributed by atoms with Crippen LogP contribution in [0.1, 0.15) is 34.2 Å². The summed E-state index contributed by atoms with van der Waals surface area (Å²) in [5, 5.41) is 2.72. The quantitative estimate of drug-likeness (QED) is 0.652. The third kappa shape index (κ3) is 3.91. The van der Waals surface area contributed by atoms with Gasteiger partial charge in [0.05, 0.1) is 17.8 Å². The number of esters is 1. The second kappa shape index (κ2) is 7.90. The Labute approximate surface area is 165 Å². The average Bonchev–Trinajstić information content (AvgIpc) is 2.70. The molecule has 150 valence electrons. The molecule has 0 saturated heterocycles. The molecule has 2 aromatic heterocycles. The number of aryl methyl sites for hydroxylation is 2. The highest BCUT2D eigenvalue weighted by Crippen LogP contribution is 2.37. The Morgan fingerprint density at radius 3 is 2.62 bits per heavy atom. The lowest BCUT2D eigenvalue weighted by molar-refractivity contribution is -0.172. The molecule has 3 rings (SSSR count). The van der Waals surface area contributed by atoms with Crippen molar-refractivity contribution >= 4 is 28.5 Å². The standard InChI is InChI=1S/C21H19F2N3O3/c1-4-29-20(28)21(22,23)15-9-10-16(18-14(15)6-5-11-24-18)26-19(27)17-12(2)7-8-13(3)25-17/h5-11H,4H2,1-3H3,(H,26,27). The van der Waals surface area contributed by atoms with Crippen LogP contribution in [-0.4, -0.2) is 28.5 Å². The molecule has 0 aliphatic rings. The summed E-state index contributed by atoms with van der Waals surface area (Å²) < 4.78 is 33.7. The first-order chi connectivity index (χ1) is 13.8. The van der Waals surface area contributed by atoms with Gasteiger partial charge >= 0.3 is 11.9 Å². The van der Waals surface area contributed by atoms with Crippen molar-refractivity contribution in [2.24, 2.45) is 0 Å². The predicted molar refractivity (Wildman–Crippen MR) is 104 cm³/mol. The van der Waals surface area contributed by atoms with Crippen molar-refractivity contribution in [2.45, 2.75) is 26.7 Å². The lowest BCUT2D eigenvalue weighted by Crippen LogP contribution is -2.28. The number of alkyl halides is 2. The van der Waals surface area contributed by atoms with E-state index < -0.39 is 23.4 Å². The topological polar surface area (TPSA) is 81.2 Å². The maximum atomic E-state index is 14.6. The van der Waals surface area contributed by atoms with Crippen molar-refractivity contribution in [1.82, 2.24) is 9.97 Å². The number of halogens is 2. The molecule has 0 atom stereocenters. The van der Waals surface area contributed by atoms with E-state index >= 15 is 0 Å². The fraction of sp³-hybridized carbons (Fsp3) is 0.238. The Hall–Kier alpha value is -3.42. The minimum absolute atomic E-state index is 0.0391. The first-order valence-electron chi connectivity index (χ1n) is 8.94. The molecule has 0 unspecified atom stereocenters. The molecule has 0 radical (unpaired) electrons. The van der Waals surface area contributed by atoms with Crippen molar-refractivity contribution in [1.29, 1.82) is 0 Å². The molecule has 1 aromatic carbocycles. The highest BCUT2D eigenvalue weighted by molar-refractivity contribution is 6.08. The number of nitrogens with zero attached hydrogens (tertiary/aromatic N) is 2. The maximum Gasteiger partial charge on any atom is 0.382 e. The zero-order chi connectivity index (χ0) is 21.2. The van der Waals surface area contributed by atoms with Crippen LogP contribution in [0.25, 0.3) is 10.9 Å². The number of aromatic nitrogens is 2. The summed E-state index contributed by atoms with van der Waals surface area (Å²) in [5.41, 5.74) is 1.41. The van der Waals surface area contributed by atoms with Gasteiger partial charge in [0.25, 0.3) is 5.91 Å². The van der Waals surface area contributed by atoms with Crippen molar-refractivity contribution in [3.05, 3.63) is 65.1 Å². The van der Waals surface area contributed by atoms with Crippen LogP contribution in [0.5, 0.6) is 0 Å². The number of hydrogen-bond donors (Lipinski definition) is 1. The van der Waals surface area contributed by atoms with Gasteiger partial charge in [-0.2, -0.15) is 8.78 Å². The van der Waals surface area contributed by atoms with Crippen LogP contribution in [0.15, 0.2) is 42.6 Å². The second-order valence-electron chi connectivity index (χ2n) is 6.43. The molecule has 1 amide bonds. The van der Waals surface area contributed by atoms with Gasteiger partial charge in [-0.1, -0.05) is 12.1 Å². The third-order valence-electron chi connectivity index (χ3n) is 4.34. The zero-order valence-electron chi connectivity index (χ0n) is 16.1. The van der Waals surface area contributed by atoms with Crippen LogP contribution in [0.2, 0.25) is 0 Å². The molecule has 0 aliphatic heterocycles. The molecule has 29 heavy (non-hydrogen) atoms. The minimum atomic E-state index is -3.85. The van der Waals surface area contributed by atoms with Gasteiger partial charge in [0.15, 0.2) is 0 Å². The van der Waals surface area contributed by atoms with E-state index in [1.54, 1.807) is 26.0 Å². The number of rotatable bonds is 5. The fourth-order valence-corrected chi connectivity index (χ4v) is 2.92. The van der Waals surface area contributed by atoms with Gasteiger partial charge in [0, 0.05) is 22.8 Å². The van der Waals surface area contributed by atoms with Gasteiger partial charge in [0.1, 0.15) is 5.69 Å². The van der Waals surface area contributed by atoms with Crippen LogP contribution < -0.4 is 5.32 Å². The molecule has 6 nitrogen and oxygen atoms in total. The number of benzene rings is 1. The Kier molecular flexibility index (Phi) is 5.54. The maximum absolute atomic E-state index is 14.6. The highest BCUT2D eigenvalue weighted by Gasteiger charge is 2.44. The Bertz CT molecular complexity index is 1100. The van der Waals surface area contributed by atoms with E-state index in [1.807, 2.05) is 0 Å². The number of carbonyl (C=O) groups excluding carboxylic acids is 2. The number of fused-ring (bicyclic) bond motifs is 1. The number of nitrogens with one attached hydrogen (secondary N) is 1. The van der Waals surface area contributed by atoms with Gasteiger partial charge in [-0.05, 0) is 50.6 Å². The van der Waals surface area contributed by atoms with Crippen LogP contribution >= 0.6 is 0 Å². The molecular formula is C21H19F2N3O3. The average molecular weight is 399 g/mol. The monoisotopic (exact) mass is 399 g/mol.